The van der Waals surface area contributed by atoms with E-state index in [2.05, 4.69) is 58.4 Å². The molecule has 6 aliphatic heterocycles. The standard InChI is InChI=1S/3C15H16O8.3C14H14O8/c1-6(2)12(17)21-5-9(16)22-11-10-7-3-15(11,14(19)20)4-8(7)13(18)23-10;1-6(2)12(17)21-5-9(16)22-10-7-3-8-11(10)23-14(20)15(8,4-7)13(18)19;1-5(2)14(19)21-4-8(16)22-11-6-3-7-10(9(6)13(17)18)15(20)23-12(7)11;1-2-8(15)20-5-9(16)21-11-10-6-3-14(11,13(18)19)4-7(6)12(17)22-10;1-2-8(15)20-5-9(16)21-10-6-3-7-11(10)22-13(19)14(7,4-6)12(17)18;1-2-7(15)20-4-8(16)21-11-5-3-6-10(9(5)13(17)18)14(19)22-12(6)11/h7-8,10-11H,1,3-5H2,2H3,(H,19,20);7-8,10-11H,1,3-5H2,2H3,(H,18,19);6-7,9-12H,1,3-4H2,2H3,(H,17,18);2,6-7,10-11H,1,3-5H2,(H,18,19);2,6-7,10-11H,1,3-5H2,(H,17,18);2,5-6,9-12H,1,3-4H2,(H,17,18). The predicted octanol–water partition coefficient (Wildman–Crippen LogP) is -1.14. The van der Waals surface area contributed by atoms with Gasteiger partial charge in [0, 0.05) is 94.1 Å². The second kappa shape index (κ2) is 37.6. The first-order valence-corrected chi connectivity index (χ1v) is 42.2. The van der Waals surface area contributed by atoms with Gasteiger partial charge in [0.25, 0.3) is 0 Å². The Hall–Kier alpha value is -14.3. The second-order valence-electron chi connectivity index (χ2n) is 35.8. The molecule has 48 heteroatoms. The SMILES string of the molecule is C=C(C)C(=O)OCC(=O)OC1C2CC3C1OC(=O)C3(C(=O)O)C2.C=C(C)C(=O)OCC(=O)OC1C2CC3C1OC(=O)C3C2C(=O)O.C=C(C)C(=O)OCC(=O)OC1C2OC(=O)C3CC1(C(=O)O)CC32.C=CC(=O)OCC(=O)OC1C2CC3C1OC(=O)C3(C(=O)O)C2.C=CC(=O)OCC(=O)OC1C2CC3C1OC(=O)C3C2C(=O)O.C=CC(=O)OCC(=O)OC1C2OC(=O)C3CC1(C(=O)O)CC32. The van der Waals surface area contributed by atoms with E-state index >= 15 is 0 Å². The highest BCUT2D eigenvalue weighted by molar-refractivity contribution is 6.03. The number of carbonyl (C=O) groups excluding carboxylic acids is 18. The van der Waals surface area contributed by atoms with E-state index in [1.54, 1.807) is 0 Å². The minimum atomic E-state index is -1.50. The summed E-state index contributed by atoms with van der Waals surface area (Å²) >= 11 is 0. The second-order valence-corrected chi connectivity index (χ2v) is 35.8. The molecule has 0 aromatic carbocycles. The largest absolute Gasteiger partial charge is 0.481 e. The van der Waals surface area contributed by atoms with E-state index in [-0.39, 0.29) is 90.8 Å². The molecule has 6 heterocycles. The van der Waals surface area contributed by atoms with Crippen LogP contribution in [0.15, 0.2) is 74.4 Å². The molecule has 12 bridgehead atoms. The molecule has 32 atom stereocenters. The summed E-state index contributed by atoms with van der Waals surface area (Å²) in [6.07, 6.45) is -3.72. The molecule has 12 saturated carbocycles. The number of carboxylic acid groups (broad SMARTS) is 6. The Balaban J connectivity index is 0.000000137. The lowest BCUT2D eigenvalue weighted by molar-refractivity contribution is -0.180. The van der Waals surface area contributed by atoms with Crippen LogP contribution in [-0.4, -0.2) is 287 Å². The summed E-state index contributed by atoms with van der Waals surface area (Å²) in [5.41, 5.74) is -5.15. The van der Waals surface area contributed by atoms with Crippen LogP contribution in [0, 0.1) is 116 Å². The summed E-state index contributed by atoms with van der Waals surface area (Å²) in [7, 11) is 0. The Labute approximate surface area is 760 Å². The molecule has 0 aromatic heterocycles. The van der Waals surface area contributed by atoms with Crippen molar-refractivity contribution in [2.75, 3.05) is 39.6 Å². The van der Waals surface area contributed by atoms with E-state index in [0.29, 0.717) is 25.7 Å². The third-order valence-corrected chi connectivity index (χ3v) is 28.5. The van der Waals surface area contributed by atoms with Crippen LogP contribution in [0.4, 0.5) is 0 Å². The van der Waals surface area contributed by atoms with Crippen LogP contribution in [0.5, 0.6) is 0 Å². The van der Waals surface area contributed by atoms with E-state index in [1.165, 1.54) is 20.8 Å². The molecular formula is C87H90O48. The van der Waals surface area contributed by atoms with Crippen molar-refractivity contribution in [3.05, 3.63) is 74.4 Å². The number of esters is 18. The molecule has 0 aromatic rings. The van der Waals surface area contributed by atoms with E-state index in [9.17, 15) is 146 Å². The van der Waals surface area contributed by atoms with Crippen LogP contribution in [0.25, 0.3) is 0 Å². The summed E-state index contributed by atoms with van der Waals surface area (Å²) in [5, 5.41) is 56.4. The first-order valence-electron chi connectivity index (χ1n) is 42.2. The maximum atomic E-state index is 12.0. The highest BCUT2D eigenvalue weighted by Crippen LogP contribution is 2.67. The monoisotopic (exact) mass is 1900 g/mol. The maximum Gasteiger partial charge on any atom is 0.344 e. The molecule has 32 unspecified atom stereocenters. The van der Waals surface area contributed by atoms with Crippen LogP contribution in [-0.2, 0) is 200 Å². The fourth-order valence-corrected chi connectivity index (χ4v) is 23.1. The van der Waals surface area contributed by atoms with Gasteiger partial charge in [0.1, 0.15) is 71.9 Å². The molecule has 0 spiro atoms. The van der Waals surface area contributed by atoms with Gasteiger partial charge in [-0.05, 0) is 85.0 Å². The number of ether oxygens (including phenoxy) is 18. The van der Waals surface area contributed by atoms with Gasteiger partial charge in [0.05, 0.1) is 35.5 Å². The van der Waals surface area contributed by atoms with Gasteiger partial charge in [-0.25, -0.2) is 57.5 Å². The van der Waals surface area contributed by atoms with Crippen molar-refractivity contribution in [3.8, 4) is 0 Å². The van der Waals surface area contributed by atoms with Crippen LogP contribution >= 0.6 is 0 Å². The maximum absolute atomic E-state index is 12.0. The van der Waals surface area contributed by atoms with Crippen molar-refractivity contribution < 1.29 is 231 Å². The first kappa shape index (κ1) is 98.2. The van der Waals surface area contributed by atoms with Crippen molar-refractivity contribution in [2.24, 2.45) is 116 Å². The fourth-order valence-electron chi connectivity index (χ4n) is 23.1. The molecule has 6 N–H and O–H groups in total. The van der Waals surface area contributed by atoms with Crippen molar-refractivity contribution in [1.29, 1.82) is 0 Å². The van der Waals surface area contributed by atoms with Gasteiger partial charge in [0.2, 0.25) is 0 Å². The summed E-state index contributed by atoms with van der Waals surface area (Å²) in [6, 6.07) is 0. The lowest BCUT2D eigenvalue weighted by Crippen LogP contribution is -2.47. The van der Waals surface area contributed by atoms with Gasteiger partial charge in [0.15, 0.2) is 62.7 Å². The number of rotatable bonds is 30. The third-order valence-electron chi connectivity index (χ3n) is 28.5. The van der Waals surface area contributed by atoms with Crippen molar-refractivity contribution in [2.45, 2.75) is 158 Å². The van der Waals surface area contributed by atoms with Gasteiger partial charge in [-0.15, -0.1) is 0 Å². The third kappa shape index (κ3) is 17.5. The van der Waals surface area contributed by atoms with Crippen molar-refractivity contribution in [1.82, 2.24) is 0 Å². The number of hydrogen-bond donors (Lipinski definition) is 6. The Morgan fingerprint density at radius 2 is 0.622 bits per heavy atom. The highest BCUT2D eigenvalue weighted by atomic mass is 16.7. The fraction of sp³-hybridized carbons (Fsp3) is 0.586. The zero-order valence-corrected chi connectivity index (χ0v) is 71.8. The van der Waals surface area contributed by atoms with Gasteiger partial charge < -0.3 is 116 Å². The summed E-state index contributed by atoms with van der Waals surface area (Å²) in [4.78, 5) is 277. The molecule has 12 aliphatic carbocycles. The lowest BCUT2D eigenvalue weighted by Gasteiger charge is -2.32. The molecule has 18 fully saturated rings. The quantitative estimate of drug-likeness (QED) is 0.0214. The van der Waals surface area contributed by atoms with Crippen molar-refractivity contribution >= 4 is 143 Å². The molecule has 0 radical (unpaired) electrons. The van der Waals surface area contributed by atoms with E-state index in [4.69, 9.17) is 66.3 Å². The van der Waals surface area contributed by atoms with Crippen LogP contribution < -0.4 is 0 Å². The topological polar surface area (TPSA) is 697 Å². The molecule has 18 rings (SSSR count). The summed E-state index contributed by atoms with van der Waals surface area (Å²) in [6.45, 7) is 20.4. The number of aliphatic carboxylic acids is 6. The average molecular weight is 1900 g/mol. The molecule has 18 aliphatic rings. The number of hydrogen-bond acceptors (Lipinski definition) is 42. The Bertz CT molecular complexity index is 5200. The van der Waals surface area contributed by atoms with Crippen LogP contribution in [0.3, 0.4) is 0 Å². The summed E-state index contributed by atoms with van der Waals surface area (Å²) in [5.74, 6) is -26.9. The zero-order chi connectivity index (χ0) is 98.9. The molecule has 135 heavy (non-hydrogen) atoms. The number of carboxylic acids is 6. The minimum Gasteiger partial charge on any atom is -0.481 e. The molecule has 726 valence electrons. The lowest BCUT2D eigenvalue weighted by atomic mass is 9.73. The highest BCUT2D eigenvalue weighted by Gasteiger charge is 2.79. The Morgan fingerprint density at radius 1 is 0.333 bits per heavy atom. The van der Waals surface area contributed by atoms with Gasteiger partial charge in [-0.3, -0.25) is 57.5 Å². The number of fused-ring (bicyclic) bond motifs is 6. The Kier molecular flexibility index (Phi) is 27.4. The minimum absolute atomic E-state index is 0.103. The molecule has 0 amide bonds. The van der Waals surface area contributed by atoms with Gasteiger partial charge >= 0.3 is 143 Å². The van der Waals surface area contributed by atoms with Crippen LogP contribution in [0.2, 0.25) is 0 Å². The van der Waals surface area contributed by atoms with Crippen LogP contribution in [0.1, 0.15) is 85.0 Å². The first-order chi connectivity index (χ1) is 63.6. The predicted molar refractivity (Wildman–Crippen MR) is 417 cm³/mol. The van der Waals surface area contributed by atoms with Crippen molar-refractivity contribution in [3.63, 3.8) is 0 Å². The summed E-state index contributed by atoms with van der Waals surface area (Å²) < 4.78 is 90.1. The zero-order valence-electron chi connectivity index (χ0n) is 71.8. The normalized spacial score (nSPS) is 37.0. The molecular weight excluding hydrogens is 1810 g/mol. The molecule has 6 saturated heterocycles. The Morgan fingerprint density at radius 3 is 0.904 bits per heavy atom. The molecule has 48 nitrogen and oxygen atoms in total. The van der Waals surface area contributed by atoms with Gasteiger partial charge in [-0.1, -0.05) is 39.5 Å². The number of carbonyl (C=O) groups is 24. The van der Waals surface area contributed by atoms with Gasteiger partial charge in [-0.2, -0.15) is 0 Å². The average Bonchev–Trinajstić information content (AvgIpc) is 1.66. The van der Waals surface area contributed by atoms with E-state index in [0.717, 1.165) is 18.2 Å². The van der Waals surface area contributed by atoms with E-state index in [1.807, 2.05) is 0 Å². The van der Waals surface area contributed by atoms with E-state index < -0.39 is 337 Å². The smallest absolute Gasteiger partial charge is 0.344 e.